The average molecular weight is 314 g/mol. The van der Waals surface area contributed by atoms with Gasteiger partial charge in [0.05, 0.1) is 12.6 Å². The highest BCUT2D eigenvalue weighted by molar-refractivity contribution is 5.75. The number of methoxy groups -OCH3 is 1. The lowest BCUT2D eigenvalue weighted by Crippen LogP contribution is -2.42. The molecule has 1 saturated carbocycles. The van der Waals surface area contributed by atoms with Crippen molar-refractivity contribution in [3.63, 3.8) is 0 Å². The zero-order chi connectivity index (χ0) is 16.1. The van der Waals surface area contributed by atoms with Gasteiger partial charge in [0, 0.05) is 6.54 Å². The van der Waals surface area contributed by atoms with E-state index >= 15 is 0 Å². The van der Waals surface area contributed by atoms with E-state index in [-0.39, 0.29) is 11.6 Å². The molecule has 0 atom stereocenters. The molecule has 0 aliphatic heterocycles. The van der Waals surface area contributed by atoms with Crippen LogP contribution in [0.4, 0.5) is 4.79 Å². The van der Waals surface area contributed by atoms with Gasteiger partial charge >= 0.3 is 6.03 Å². The maximum atomic E-state index is 12.2. The van der Waals surface area contributed by atoms with Crippen molar-refractivity contribution >= 4 is 6.03 Å². The molecule has 1 aromatic carbocycles. The molecule has 0 heterocycles. The first-order valence-corrected chi connectivity index (χ1v) is 8.60. The molecule has 1 aromatic rings. The van der Waals surface area contributed by atoms with Gasteiger partial charge in [-0.15, -0.1) is 0 Å². The predicted octanol–water partition coefficient (Wildman–Crippen LogP) is 3.87. The van der Waals surface area contributed by atoms with E-state index in [4.69, 9.17) is 4.74 Å². The van der Waals surface area contributed by atoms with Crippen LogP contribution in [-0.2, 0) is 5.54 Å². The molecule has 23 heavy (non-hydrogen) atoms. The van der Waals surface area contributed by atoms with Gasteiger partial charge in [0.2, 0.25) is 0 Å². The first-order chi connectivity index (χ1) is 11.2. The second kappa shape index (κ2) is 7.07. The van der Waals surface area contributed by atoms with Gasteiger partial charge in [-0.2, -0.15) is 0 Å². The fourth-order valence-corrected chi connectivity index (χ4v) is 3.25. The molecule has 0 bridgehead atoms. The zero-order valence-corrected chi connectivity index (χ0v) is 13.9. The molecule has 2 amide bonds. The molecule has 2 N–H and O–H groups in total. The number of ether oxygens (including phenoxy) is 1. The number of rotatable bonds is 6. The van der Waals surface area contributed by atoms with E-state index in [9.17, 15) is 4.79 Å². The number of allylic oxidation sites excluding steroid dienone is 1. The quantitative estimate of drug-likeness (QED) is 0.783. The molecular weight excluding hydrogens is 288 g/mol. The van der Waals surface area contributed by atoms with E-state index in [2.05, 4.69) is 16.7 Å². The molecule has 0 aromatic heterocycles. The Hall–Kier alpha value is -1.97. The molecule has 0 spiro atoms. The number of hydrogen-bond acceptors (Lipinski definition) is 2. The largest absolute Gasteiger partial charge is 0.497 e. The molecule has 2 aliphatic rings. The third-order valence-electron chi connectivity index (χ3n) is 4.86. The summed E-state index contributed by atoms with van der Waals surface area (Å²) < 4.78 is 5.19. The molecule has 124 valence electrons. The van der Waals surface area contributed by atoms with Gasteiger partial charge in [-0.05, 0) is 62.6 Å². The van der Waals surface area contributed by atoms with Crippen molar-refractivity contribution in [1.29, 1.82) is 0 Å². The number of carbonyl (C=O) groups excluding carboxylic acids is 1. The molecule has 4 nitrogen and oxygen atoms in total. The summed E-state index contributed by atoms with van der Waals surface area (Å²) in [6, 6.07) is 7.92. The van der Waals surface area contributed by atoms with Crippen LogP contribution in [0.2, 0.25) is 0 Å². The van der Waals surface area contributed by atoms with E-state index < -0.39 is 0 Å². The van der Waals surface area contributed by atoms with Crippen molar-refractivity contribution in [3.05, 3.63) is 41.5 Å². The van der Waals surface area contributed by atoms with Gasteiger partial charge in [-0.3, -0.25) is 0 Å². The van der Waals surface area contributed by atoms with Crippen LogP contribution in [0.1, 0.15) is 50.5 Å². The predicted molar refractivity (Wildman–Crippen MR) is 91.6 cm³/mol. The smallest absolute Gasteiger partial charge is 0.315 e. The van der Waals surface area contributed by atoms with Crippen LogP contribution in [0.25, 0.3) is 0 Å². The van der Waals surface area contributed by atoms with Crippen molar-refractivity contribution in [2.24, 2.45) is 0 Å². The lowest BCUT2D eigenvalue weighted by molar-refractivity contribution is 0.236. The van der Waals surface area contributed by atoms with Gasteiger partial charge in [0.1, 0.15) is 5.75 Å². The second-order valence-corrected chi connectivity index (χ2v) is 6.55. The van der Waals surface area contributed by atoms with Gasteiger partial charge in [0.25, 0.3) is 0 Å². The molecule has 0 radical (unpaired) electrons. The Morgan fingerprint density at radius 3 is 2.61 bits per heavy atom. The fraction of sp³-hybridized carbons (Fsp3) is 0.526. The van der Waals surface area contributed by atoms with Crippen LogP contribution in [0, 0.1) is 0 Å². The van der Waals surface area contributed by atoms with Crippen molar-refractivity contribution in [2.75, 3.05) is 13.7 Å². The Bertz CT molecular complexity index is 574. The Balaban J connectivity index is 1.47. The Labute approximate surface area is 138 Å². The minimum absolute atomic E-state index is 0.0604. The summed E-state index contributed by atoms with van der Waals surface area (Å²) >= 11 is 0. The molecule has 2 aliphatic carbocycles. The number of benzene rings is 1. The number of nitrogens with one attached hydrogen (secondary N) is 2. The van der Waals surface area contributed by atoms with Crippen molar-refractivity contribution in [2.45, 2.75) is 50.5 Å². The Morgan fingerprint density at radius 1 is 1.22 bits per heavy atom. The Kier molecular flexibility index (Phi) is 4.89. The van der Waals surface area contributed by atoms with Gasteiger partial charge in [-0.25, -0.2) is 4.79 Å². The highest BCUT2D eigenvalue weighted by Gasteiger charge is 2.45. The molecule has 0 unspecified atom stereocenters. The van der Waals surface area contributed by atoms with Crippen molar-refractivity contribution < 1.29 is 9.53 Å². The van der Waals surface area contributed by atoms with Crippen molar-refractivity contribution in [3.8, 4) is 5.75 Å². The molecule has 0 saturated heterocycles. The monoisotopic (exact) mass is 314 g/mol. The van der Waals surface area contributed by atoms with Crippen LogP contribution in [0.3, 0.4) is 0 Å². The molecule has 3 rings (SSSR count). The maximum absolute atomic E-state index is 12.2. The minimum Gasteiger partial charge on any atom is -0.497 e. The van der Waals surface area contributed by atoms with E-state index in [0.29, 0.717) is 0 Å². The van der Waals surface area contributed by atoms with Gasteiger partial charge in [0.15, 0.2) is 0 Å². The molecule has 4 heteroatoms. The highest BCUT2D eigenvalue weighted by atomic mass is 16.5. The first-order valence-electron chi connectivity index (χ1n) is 8.60. The summed E-state index contributed by atoms with van der Waals surface area (Å²) in [5.74, 6) is 0.842. The minimum atomic E-state index is -0.180. The lowest BCUT2D eigenvalue weighted by Gasteiger charge is -2.19. The summed E-state index contributed by atoms with van der Waals surface area (Å²) in [5, 5.41) is 6.15. The van der Waals surface area contributed by atoms with Crippen LogP contribution in [0.5, 0.6) is 5.75 Å². The molecular formula is C19H26N2O2. The number of urea groups is 1. The normalized spacial score (nSPS) is 18.7. The van der Waals surface area contributed by atoms with E-state index in [0.717, 1.165) is 37.1 Å². The fourth-order valence-electron chi connectivity index (χ4n) is 3.25. The second-order valence-electron chi connectivity index (χ2n) is 6.55. The van der Waals surface area contributed by atoms with E-state index in [1.54, 1.807) is 7.11 Å². The standard InChI is InChI=1S/C19H26N2O2/c1-23-17-9-7-16(8-10-17)19(12-13-19)21-18(22)20-14-11-15-5-3-2-4-6-15/h5,7-10H,2-4,6,11-14H2,1H3,(H2,20,21,22). The summed E-state index contributed by atoms with van der Waals surface area (Å²) in [4.78, 5) is 12.2. The Morgan fingerprint density at radius 2 is 2.00 bits per heavy atom. The summed E-state index contributed by atoms with van der Waals surface area (Å²) in [6.45, 7) is 0.719. The summed E-state index contributed by atoms with van der Waals surface area (Å²) in [7, 11) is 1.66. The highest BCUT2D eigenvalue weighted by Crippen LogP contribution is 2.45. The molecule has 1 fully saturated rings. The van der Waals surface area contributed by atoms with Crippen LogP contribution in [0.15, 0.2) is 35.9 Å². The maximum Gasteiger partial charge on any atom is 0.315 e. The average Bonchev–Trinajstić information content (AvgIpc) is 3.36. The van der Waals surface area contributed by atoms with Gasteiger partial charge in [-0.1, -0.05) is 23.8 Å². The van der Waals surface area contributed by atoms with Crippen LogP contribution < -0.4 is 15.4 Å². The number of amides is 2. The third-order valence-corrected chi connectivity index (χ3v) is 4.86. The number of hydrogen-bond donors (Lipinski definition) is 2. The summed E-state index contributed by atoms with van der Waals surface area (Å²) in [6.07, 6.45) is 10.3. The van der Waals surface area contributed by atoms with Crippen LogP contribution >= 0.6 is 0 Å². The van der Waals surface area contributed by atoms with Crippen molar-refractivity contribution in [1.82, 2.24) is 10.6 Å². The van der Waals surface area contributed by atoms with E-state index in [1.165, 1.54) is 31.3 Å². The van der Waals surface area contributed by atoms with Crippen LogP contribution in [-0.4, -0.2) is 19.7 Å². The SMILES string of the molecule is COc1ccc(C2(NC(=O)NCCC3=CCCCC3)CC2)cc1. The van der Waals surface area contributed by atoms with Gasteiger partial charge < -0.3 is 15.4 Å². The van der Waals surface area contributed by atoms with E-state index in [1.807, 2.05) is 24.3 Å². The third kappa shape index (κ3) is 4.06. The lowest BCUT2D eigenvalue weighted by atomic mass is 9.97. The first kappa shape index (κ1) is 15.9. The number of carbonyl (C=O) groups is 1. The summed E-state index contributed by atoms with van der Waals surface area (Å²) in [5.41, 5.74) is 2.47. The zero-order valence-electron chi connectivity index (χ0n) is 13.9. The topological polar surface area (TPSA) is 50.4 Å².